The molecule has 5 nitrogen and oxygen atoms in total. The van der Waals surface area contributed by atoms with Crippen LogP contribution < -0.4 is 11.1 Å². The summed E-state index contributed by atoms with van der Waals surface area (Å²) in [5.41, 5.74) is 6.85. The molecule has 2 aromatic rings. The molecule has 0 saturated heterocycles. The summed E-state index contributed by atoms with van der Waals surface area (Å²) in [5.74, 6) is -0.440. The molecule has 1 amide bonds. The van der Waals surface area contributed by atoms with Gasteiger partial charge in [-0.3, -0.25) is 14.8 Å². The quantitative estimate of drug-likeness (QED) is 0.841. The maximum atomic E-state index is 13.8. The molecule has 1 aromatic heterocycles. The number of benzene rings is 1. The van der Waals surface area contributed by atoms with Gasteiger partial charge in [0.2, 0.25) is 0 Å². The first-order valence-electron chi connectivity index (χ1n) is 8.10. The molecule has 138 valence electrons. The summed E-state index contributed by atoms with van der Waals surface area (Å²) in [6, 6.07) is 2.40. The normalized spacial score (nSPS) is 15.8. The molecule has 8 heteroatoms. The lowest BCUT2D eigenvalue weighted by atomic mass is 9.84. The van der Waals surface area contributed by atoms with E-state index in [4.69, 9.17) is 5.73 Å². The highest BCUT2D eigenvalue weighted by Crippen LogP contribution is 2.26. The molecule has 25 heavy (non-hydrogen) atoms. The van der Waals surface area contributed by atoms with Gasteiger partial charge in [-0.1, -0.05) is 19.3 Å². The van der Waals surface area contributed by atoms with E-state index in [1.54, 1.807) is 0 Å². The summed E-state index contributed by atoms with van der Waals surface area (Å²) in [6.45, 7) is 0.384. The summed E-state index contributed by atoms with van der Waals surface area (Å²) >= 11 is 0. The Morgan fingerprint density at radius 2 is 1.88 bits per heavy atom. The van der Waals surface area contributed by atoms with Gasteiger partial charge in [-0.15, -0.1) is 24.8 Å². The van der Waals surface area contributed by atoms with E-state index in [1.807, 2.05) is 0 Å². The van der Waals surface area contributed by atoms with Gasteiger partial charge in [0.25, 0.3) is 5.91 Å². The van der Waals surface area contributed by atoms with Crippen molar-refractivity contribution in [1.82, 2.24) is 15.3 Å². The van der Waals surface area contributed by atoms with E-state index in [-0.39, 0.29) is 42.3 Å². The Kier molecular flexibility index (Phi) is 8.48. The second kappa shape index (κ2) is 9.85. The Balaban J connectivity index is 0.00000156. The van der Waals surface area contributed by atoms with Crippen LogP contribution in [0.2, 0.25) is 0 Å². The minimum Gasteiger partial charge on any atom is -0.348 e. The second-order valence-corrected chi connectivity index (χ2v) is 6.09. The number of aromatic nitrogens is 2. The highest BCUT2D eigenvalue weighted by atomic mass is 35.5. The molecule has 1 saturated carbocycles. The van der Waals surface area contributed by atoms with Crippen molar-refractivity contribution in [3.63, 3.8) is 0 Å². The highest BCUT2D eigenvalue weighted by Gasteiger charge is 2.25. The van der Waals surface area contributed by atoms with Crippen molar-refractivity contribution >= 4 is 41.8 Å². The number of fused-ring (bicyclic) bond motifs is 1. The number of hydrogen-bond donors (Lipinski definition) is 2. The summed E-state index contributed by atoms with van der Waals surface area (Å²) in [7, 11) is 0. The van der Waals surface area contributed by atoms with Gasteiger partial charge in [-0.2, -0.15) is 0 Å². The first kappa shape index (κ1) is 21.5. The number of nitrogens with one attached hydrogen (secondary N) is 1. The van der Waals surface area contributed by atoms with Gasteiger partial charge in [0.15, 0.2) is 0 Å². The maximum absolute atomic E-state index is 13.8. The van der Waals surface area contributed by atoms with Crippen LogP contribution in [0.25, 0.3) is 11.0 Å². The summed E-state index contributed by atoms with van der Waals surface area (Å²) in [6.07, 6.45) is 8.72. The standard InChI is InChI=1S/C17H21FN4O.2ClH/c18-12-8-13(16-14(9-12)20-6-7-21-16)17(23)22-15(10-19)11-4-2-1-3-5-11;;/h6-9,11,15H,1-5,10,19H2,(H,22,23);2*1H. The predicted octanol–water partition coefficient (Wildman–Crippen LogP) is 3.25. The lowest BCUT2D eigenvalue weighted by molar-refractivity contribution is 0.0916. The Hall–Kier alpha value is -1.50. The zero-order valence-corrected chi connectivity index (χ0v) is 15.4. The van der Waals surface area contributed by atoms with Crippen LogP contribution in [0.4, 0.5) is 4.39 Å². The first-order chi connectivity index (χ1) is 11.2. The third-order valence-corrected chi connectivity index (χ3v) is 4.57. The van der Waals surface area contributed by atoms with Gasteiger partial charge in [-0.05, 0) is 24.8 Å². The van der Waals surface area contributed by atoms with Crippen molar-refractivity contribution in [2.75, 3.05) is 6.54 Å². The van der Waals surface area contributed by atoms with Gasteiger partial charge in [0, 0.05) is 31.0 Å². The largest absolute Gasteiger partial charge is 0.348 e. The van der Waals surface area contributed by atoms with Crippen LogP contribution in [-0.4, -0.2) is 28.5 Å². The van der Waals surface area contributed by atoms with Gasteiger partial charge < -0.3 is 11.1 Å². The summed E-state index contributed by atoms with van der Waals surface area (Å²) in [4.78, 5) is 20.9. The van der Waals surface area contributed by atoms with Crippen LogP contribution in [0.5, 0.6) is 0 Å². The number of hydrogen-bond acceptors (Lipinski definition) is 4. The van der Waals surface area contributed by atoms with Gasteiger partial charge in [0.1, 0.15) is 11.3 Å². The van der Waals surface area contributed by atoms with E-state index in [0.717, 1.165) is 12.8 Å². The minimum atomic E-state index is -0.495. The van der Waals surface area contributed by atoms with Crippen LogP contribution in [0, 0.1) is 11.7 Å². The molecule has 0 aliphatic heterocycles. The Bertz CT molecular complexity index is 710. The molecule has 0 spiro atoms. The highest BCUT2D eigenvalue weighted by molar-refractivity contribution is 6.04. The SMILES string of the molecule is Cl.Cl.NCC(NC(=O)c1cc(F)cc2nccnc12)C1CCCCC1. The number of halogens is 3. The minimum absolute atomic E-state index is 0. The molecule has 1 atom stereocenters. The van der Waals surface area contributed by atoms with Crippen molar-refractivity contribution in [3.05, 3.63) is 35.9 Å². The van der Waals surface area contributed by atoms with Crippen molar-refractivity contribution in [2.24, 2.45) is 11.7 Å². The van der Waals surface area contributed by atoms with E-state index in [0.29, 0.717) is 23.5 Å². The number of carbonyl (C=O) groups excluding carboxylic acids is 1. The first-order valence-corrected chi connectivity index (χ1v) is 8.10. The maximum Gasteiger partial charge on any atom is 0.253 e. The molecule has 0 radical (unpaired) electrons. The van der Waals surface area contributed by atoms with Crippen molar-refractivity contribution in [2.45, 2.75) is 38.1 Å². The fraction of sp³-hybridized carbons (Fsp3) is 0.471. The molecule has 1 aliphatic carbocycles. The summed E-state index contributed by atoms with van der Waals surface area (Å²) in [5, 5.41) is 2.97. The van der Waals surface area contributed by atoms with E-state index in [9.17, 15) is 9.18 Å². The van der Waals surface area contributed by atoms with Gasteiger partial charge in [0.05, 0.1) is 11.1 Å². The molecule has 1 aliphatic rings. The molecule has 1 aromatic carbocycles. The van der Waals surface area contributed by atoms with Crippen molar-refractivity contribution in [1.29, 1.82) is 0 Å². The third-order valence-electron chi connectivity index (χ3n) is 4.57. The Morgan fingerprint density at radius 1 is 1.20 bits per heavy atom. The number of amides is 1. The van der Waals surface area contributed by atoms with Crippen molar-refractivity contribution in [3.8, 4) is 0 Å². The smallest absolute Gasteiger partial charge is 0.253 e. The van der Waals surface area contributed by atoms with E-state index < -0.39 is 5.82 Å². The topological polar surface area (TPSA) is 80.9 Å². The molecular weight excluding hydrogens is 366 g/mol. The number of rotatable bonds is 4. The Morgan fingerprint density at radius 3 is 2.56 bits per heavy atom. The average Bonchev–Trinajstić information content (AvgIpc) is 2.59. The molecule has 3 N–H and O–H groups in total. The van der Waals surface area contributed by atoms with E-state index in [2.05, 4.69) is 15.3 Å². The Labute approximate surface area is 158 Å². The fourth-order valence-electron chi connectivity index (χ4n) is 3.37. The van der Waals surface area contributed by atoms with Crippen LogP contribution in [-0.2, 0) is 0 Å². The zero-order chi connectivity index (χ0) is 16.2. The summed E-state index contributed by atoms with van der Waals surface area (Å²) < 4.78 is 13.8. The molecule has 0 bridgehead atoms. The fourth-order valence-corrected chi connectivity index (χ4v) is 3.37. The lowest BCUT2D eigenvalue weighted by Gasteiger charge is -2.30. The molecule has 3 rings (SSSR count). The third kappa shape index (κ3) is 5.00. The van der Waals surface area contributed by atoms with Crippen molar-refractivity contribution < 1.29 is 9.18 Å². The predicted molar refractivity (Wildman–Crippen MR) is 101 cm³/mol. The van der Waals surface area contributed by atoms with E-state index in [1.165, 1.54) is 43.8 Å². The number of nitrogens with two attached hydrogens (primary N) is 1. The lowest BCUT2D eigenvalue weighted by Crippen LogP contribution is -2.46. The average molecular weight is 389 g/mol. The molecule has 1 heterocycles. The molecule has 1 fully saturated rings. The van der Waals surface area contributed by atoms with Crippen LogP contribution >= 0.6 is 24.8 Å². The zero-order valence-electron chi connectivity index (χ0n) is 13.8. The van der Waals surface area contributed by atoms with Crippen LogP contribution in [0.15, 0.2) is 24.5 Å². The molecular formula is C17H23Cl2FN4O. The van der Waals surface area contributed by atoms with Crippen LogP contribution in [0.3, 0.4) is 0 Å². The van der Waals surface area contributed by atoms with E-state index >= 15 is 0 Å². The van der Waals surface area contributed by atoms with Gasteiger partial charge in [-0.25, -0.2) is 4.39 Å². The van der Waals surface area contributed by atoms with Crippen LogP contribution in [0.1, 0.15) is 42.5 Å². The monoisotopic (exact) mass is 388 g/mol. The number of carbonyl (C=O) groups is 1. The van der Waals surface area contributed by atoms with Gasteiger partial charge >= 0.3 is 0 Å². The molecule has 1 unspecified atom stereocenters. The number of nitrogens with zero attached hydrogens (tertiary/aromatic N) is 2. The second-order valence-electron chi connectivity index (χ2n) is 6.09.